The van der Waals surface area contributed by atoms with E-state index in [9.17, 15) is 19.3 Å². The molecule has 0 atom stereocenters. The SMILES string of the molecule is O=C(COc1ccccc1F)N/N=C\c1cccc([N+](=O)[O-])c1. The molecule has 0 radical (unpaired) electrons. The average Bonchev–Trinajstić information content (AvgIpc) is 2.54. The maximum absolute atomic E-state index is 13.3. The molecule has 8 heteroatoms. The number of benzene rings is 2. The summed E-state index contributed by atoms with van der Waals surface area (Å²) in [6.07, 6.45) is 1.26. The van der Waals surface area contributed by atoms with Gasteiger partial charge in [-0.1, -0.05) is 24.3 Å². The van der Waals surface area contributed by atoms with Crippen LogP contribution in [0.2, 0.25) is 0 Å². The first kappa shape index (κ1) is 16.1. The second-order valence-electron chi connectivity index (χ2n) is 4.36. The Morgan fingerprint density at radius 2 is 2.09 bits per heavy atom. The van der Waals surface area contributed by atoms with Gasteiger partial charge in [-0.3, -0.25) is 14.9 Å². The highest BCUT2D eigenvalue weighted by atomic mass is 19.1. The second-order valence-corrected chi connectivity index (χ2v) is 4.36. The number of halogens is 1. The molecule has 23 heavy (non-hydrogen) atoms. The number of nitro groups is 1. The van der Waals surface area contributed by atoms with Gasteiger partial charge in [-0.25, -0.2) is 9.82 Å². The van der Waals surface area contributed by atoms with Crippen LogP contribution in [0.25, 0.3) is 0 Å². The third-order valence-corrected chi connectivity index (χ3v) is 2.68. The molecule has 0 saturated carbocycles. The fourth-order valence-electron chi connectivity index (χ4n) is 1.63. The van der Waals surface area contributed by atoms with Gasteiger partial charge in [-0.05, 0) is 12.1 Å². The maximum atomic E-state index is 13.3. The lowest BCUT2D eigenvalue weighted by atomic mass is 10.2. The monoisotopic (exact) mass is 317 g/mol. The van der Waals surface area contributed by atoms with Crippen LogP contribution in [-0.4, -0.2) is 23.7 Å². The van der Waals surface area contributed by atoms with Crippen LogP contribution in [0.3, 0.4) is 0 Å². The summed E-state index contributed by atoms with van der Waals surface area (Å²) in [5.41, 5.74) is 2.56. The summed E-state index contributed by atoms with van der Waals surface area (Å²) in [6.45, 7) is -0.410. The summed E-state index contributed by atoms with van der Waals surface area (Å²) in [5.74, 6) is -1.19. The van der Waals surface area contributed by atoms with Crippen LogP contribution in [0, 0.1) is 15.9 Å². The minimum absolute atomic E-state index is 0.0367. The van der Waals surface area contributed by atoms with Gasteiger partial charge >= 0.3 is 0 Å². The van der Waals surface area contributed by atoms with Crippen LogP contribution in [0.4, 0.5) is 10.1 Å². The zero-order chi connectivity index (χ0) is 16.7. The Labute approximate surface area is 130 Å². The van der Waals surface area contributed by atoms with Crippen molar-refractivity contribution in [2.24, 2.45) is 5.10 Å². The fraction of sp³-hybridized carbons (Fsp3) is 0.0667. The minimum atomic E-state index is -0.588. The first-order valence-electron chi connectivity index (χ1n) is 6.50. The molecule has 0 unspecified atom stereocenters. The molecular weight excluding hydrogens is 305 g/mol. The number of carbonyl (C=O) groups is 1. The van der Waals surface area contributed by atoms with Crippen molar-refractivity contribution in [2.45, 2.75) is 0 Å². The van der Waals surface area contributed by atoms with Crippen molar-refractivity contribution in [1.29, 1.82) is 0 Å². The van der Waals surface area contributed by atoms with E-state index in [1.165, 1.54) is 42.6 Å². The standard InChI is InChI=1S/C15H12FN3O4/c16-13-6-1-2-7-14(13)23-10-15(20)18-17-9-11-4-3-5-12(8-11)19(21)22/h1-9H,10H2,(H,18,20)/b17-9-. The number of nitro benzene ring substituents is 1. The van der Waals surface area contributed by atoms with E-state index in [0.717, 1.165) is 0 Å². The number of non-ortho nitro benzene ring substituents is 1. The van der Waals surface area contributed by atoms with E-state index in [2.05, 4.69) is 10.5 Å². The van der Waals surface area contributed by atoms with Crippen LogP contribution < -0.4 is 10.2 Å². The van der Waals surface area contributed by atoms with Crippen LogP contribution in [0.5, 0.6) is 5.75 Å². The van der Waals surface area contributed by atoms with Crippen molar-refractivity contribution in [2.75, 3.05) is 6.61 Å². The number of ether oxygens (including phenoxy) is 1. The van der Waals surface area contributed by atoms with E-state index in [1.807, 2.05) is 0 Å². The molecule has 118 valence electrons. The Balaban J connectivity index is 1.85. The lowest BCUT2D eigenvalue weighted by Crippen LogP contribution is -2.24. The largest absolute Gasteiger partial charge is 0.481 e. The molecule has 1 amide bonds. The molecule has 0 aliphatic rings. The molecule has 2 rings (SSSR count). The molecule has 0 fully saturated rings. The molecule has 0 heterocycles. The Bertz CT molecular complexity index is 749. The van der Waals surface area contributed by atoms with Gasteiger partial charge < -0.3 is 4.74 Å². The summed E-state index contributed by atoms with van der Waals surface area (Å²) in [6, 6.07) is 11.5. The van der Waals surface area contributed by atoms with E-state index < -0.39 is 23.3 Å². The van der Waals surface area contributed by atoms with Crippen molar-refractivity contribution in [3.8, 4) is 5.75 Å². The van der Waals surface area contributed by atoms with E-state index >= 15 is 0 Å². The van der Waals surface area contributed by atoms with Gasteiger partial charge in [0.2, 0.25) is 0 Å². The van der Waals surface area contributed by atoms with Crippen LogP contribution in [0.15, 0.2) is 53.6 Å². The number of nitrogens with one attached hydrogen (secondary N) is 1. The highest BCUT2D eigenvalue weighted by Gasteiger charge is 2.06. The highest BCUT2D eigenvalue weighted by molar-refractivity contribution is 5.83. The summed E-state index contributed by atoms with van der Waals surface area (Å²) >= 11 is 0. The Kier molecular flexibility index (Phi) is 5.35. The summed E-state index contributed by atoms with van der Waals surface area (Å²) < 4.78 is 18.3. The lowest BCUT2D eigenvalue weighted by Gasteiger charge is -2.05. The van der Waals surface area contributed by atoms with Crippen molar-refractivity contribution in [3.05, 3.63) is 70.0 Å². The molecular formula is C15H12FN3O4. The first-order chi connectivity index (χ1) is 11.1. The number of para-hydroxylation sites is 1. The summed E-state index contributed by atoms with van der Waals surface area (Å²) in [4.78, 5) is 21.6. The van der Waals surface area contributed by atoms with Crippen molar-refractivity contribution >= 4 is 17.8 Å². The van der Waals surface area contributed by atoms with Crippen molar-refractivity contribution in [3.63, 3.8) is 0 Å². The third kappa shape index (κ3) is 4.88. The van der Waals surface area contributed by atoms with Gasteiger partial charge in [0.15, 0.2) is 18.2 Å². The summed E-state index contributed by atoms with van der Waals surface area (Å²) in [5, 5.41) is 14.3. The first-order valence-corrected chi connectivity index (χ1v) is 6.50. The van der Waals surface area contributed by atoms with E-state index in [1.54, 1.807) is 12.1 Å². The van der Waals surface area contributed by atoms with E-state index in [0.29, 0.717) is 5.56 Å². The molecule has 0 spiro atoms. The molecule has 0 aliphatic heterocycles. The average molecular weight is 317 g/mol. The predicted octanol–water partition coefficient (Wildman–Crippen LogP) is 2.26. The smallest absolute Gasteiger partial charge is 0.277 e. The number of hydrogen-bond acceptors (Lipinski definition) is 5. The quantitative estimate of drug-likeness (QED) is 0.502. The second kappa shape index (κ2) is 7.64. The fourth-order valence-corrected chi connectivity index (χ4v) is 1.63. The molecule has 2 aromatic rings. The lowest BCUT2D eigenvalue weighted by molar-refractivity contribution is -0.384. The number of hydrazone groups is 1. The number of rotatable bonds is 6. The van der Waals surface area contributed by atoms with Gasteiger partial charge in [-0.2, -0.15) is 5.10 Å². The molecule has 2 aromatic carbocycles. The number of nitrogens with zero attached hydrogens (tertiary/aromatic N) is 2. The van der Waals surface area contributed by atoms with Crippen molar-refractivity contribution in [1.82, 2.24) is 5.43 Å². The van der Waals surface area contributed by atoms with Gasteiger partial charge in [0, 0.05) is 17.7 Å². The van der Waals surface area contributed by atoms with Crippen LogP contribution >= 0.6 is 0 Å². The molecule has 7 nitrogen and oxygen atoms in total. The Morgan fingerprint density at radius 1 is 1.30 bits per heavy atom. The molecule has 0 aliphatic carbocycles. The van der Waals surface area contributed by atoms with Crippen molar-refractivity contribution < 1.29 is 18.8 Å². The van der Waals surface area contributed by atoms with Gasteiger partial charge in [0.05, 0.1) is 11.1 Å². The molecule has 0 aromatic heterocycles. The number of carbonyl (C=O) groups excluding carboxylic acids is 1. The van der Waals surface area contributed by atoms with E-state index in [4.69, 9.17) is 4.74 Å². The van der Waals surface area contributed by atoms with Crippen LogP contribution in [0.1, 0.15) is 5.56 Å². The highest BCUT2D eigenvalue weighted by Crippen LogP contribution is 2.15. The molecule has 0 saturated heterocycles. The predicted molar refractivity (Wildman–Crippen MR) is 80.7 cm³/mol. The van der Waals surface area contributed by atoms with Gasteiger partial charge in [0.25, 0.3) is 11.6 Å². The minimum Gasteiger partial charge on any atom is -0.481 e. The maximum Gasteiger partial charge on any atom is 0.277 e. The van der Waals surface area contributed by atoms with Gasteiger partial charge in [0.1, 0.15) is 0 Å². The van der Waals surface area contributed by atoms with E-state index in [-0.39, 0.29) is 11.4 Å². The molecule has 0 bridgehead atoms. The normalized spacial score (nSPS) is 10.5. The summed E-state index contributed by atoms with van der Waals surface area (Å²) in [7, 11) is 0. The number of hydrogen-bond donors (Lipinski definition) is 1. The third-order valence-electron chi connectivity index (χ3n) is 2.68. The Hall–Kier alpha value is -3.29. The van der Waals surface area contributed by atoms with Crippen LogP contribution in [-0.2, 0) is 4.79 Å². The number of amides is 1. The molecule has 1 N–H and O–H groups in total. The van der Waals surface area contributed by atoms with Gasteiger partial charge in [-0.15, -0.1) is 0 Å². The Morgan fingerprint density at radius 3 is 2.83 bits per heavy atom. The zero-order valence-electron chi connectivity index (χ0n) is 11.8. The zero-order valence-corrected chi connectivity index (χ0v) is 11.8. The topological polar surface area (TPSA) is 93.8 Å².